The molecule has 0 amide bonds. The van der Waals surface area contributed by atoms with E-state index in [0.717, 1.165) is 6.42 Å². The minimum Gasteiger partial charge on any atom is -0.367 e. The van der Waals surface area contributed by atoms with Crippen LogP contribution >= 0.6 is 34.8 Å². The standard InChI is InChI=1S/C15H13Cl3FN5/c1-3-7(2)22-14-12(11-9(16)4-8(19)5-10(11)17)13(18)23-15-20-6-21-24(14)15/h4-7,22H,3H2,1-2H3. The number of nitrogens with zero attached hydrogens (tertiary/aromatic N) is 4. The highest BCUT2D eigenvalue weighted by molar-refractivity contribution is 6.41. The molecule has 3 rings (SSSR count). The summed E-state index contributed by atoms with van der Waals surface area (Å²) in [4.78, 5) is 8.27. The van der Waals surface area contributed by atoms with E-state index in [1.54, 1.807) is 0 Å². The molecule has 0 aliphatic heterocycles. The van der Waals surface area contributed by atoms with Crippen LogP contribution in [0.25, 0.3) is 16.9 Å². The van der Waals surface area contributed by atoms with Crippen molar-refractivity contribution in [3.8, 4) is 11.1 Å². The molecule has 1 unspecified atom stereocenters. The number of aromatic nitrogens is 4. The summed E-state index contributed by atoms with van der Waals surface area (Å²) in [6, 6.07) is 2.47. The van der Waals surface area contributed by atoms with Gasteiger partial charge in [0, 0.05) is 11.6 Å². The van der Waals surface area contributed by atoms with Crippen LogP contribution in [-0.2, 0) is 0 Å². The van der Waals surface area contributed by atoms with E-state index in [1.165, 1.54) is 23.0 Å². The quantitative estimate of drug-likeness (QED) is 0.632. The molecule has 9 heteroatoms. The van der Waals surface area contributed by atoms with E-state index in [1.807, 2.05) is 13.8 Å². The molecule has 3 aromatic rings. The van der Waals surface area contributed by atoms with Crippen molar-refractivity contribution in [1.29, 1.82) is 0 Å². The van der Waals surface area contributed by atoms with Gasteiger partial charge in [-0.15, -0.1) is 0 Å². The lowest BCUT2D eigenvalue weighted by Gasteiger charge is -2.19. The molecule has 0 aliphatic carbocycles. The largest absolute Gasteiger partial charge is 0.367 e. The number of hydrogen-bond acceptors (Lipinski definition) is 4. The Bertz CT molecular complexity index is 889. The zero-order valence-corrected chi connectivity index (χ0v) is 15.1. The van der Waals surface area contributed by atoms with Gasteiger partial charge in [0.05, 0.1) is 15.6 Å². The van der Waals surface area contributed by atoms with Crippen LogP contribution in [0.1, 0.15) is 20.3 Å². The topological polar surface area (TPSA) is 55.1 Å². The molecule has 2 aromatic heterocycles. The molecule has 0 aliphatic rings. The summed E-state index contributed by atoms with van der Waals surface area (Å²) in [5.41, 5.74) is 0.838. The first kappa shape index (κ1) is 17.2. The van der Waals surface area contributed by atoms with Crippen molar-refractivity contribution < 1.29 is 4.39 Å². The number of rotatable bonds is 4. The Balaban J connectivity index is 2.35. The fraction of sp³-hybridized carbons (Fsp3) is 0.267. The molecule has 1 atom stereocenters. The average Bonchev–Trinajstić information content (AvgIpc) is 2.96. The van der Waals surface area contributed by atoms with Crippen LogP contribution in [0.3, 0.4) is 0 Å². The Hall–Kier alpha value is -1.63. The number of benzene rings is 1. The molecule has 0 radical (unpaired) electrons. The zero-order valence-electron chi connectivity index (χ0n) is 12.8. The number of nitrogens with one attached hydrogen (secondary N) is 1. The normalized spacial score (nSPS) is 12.6. The zero-order chi connectivity index (χ0) is 17.4. The molecule has 0 saturated heterocycles. The highest BCUT2D eigenvalue weighted by atomic mass is 35.5. The molecule has 5 nitrogen and oxygen atoms in total. The number of fused-ring (bicyclic) bond motifs is 1. The van der Waals surface area contributed by atoms with Gasteiger partial charge < -0.3 is 5.32 Å². The maximum Gasteiger partial charge on any atom is 0.255 e. The van der Waals surface area contributed by atoms with Crippen LogP contribution in [0, 0.1) is 5.82 Å². The SMILES string of the molecule is CCC(C)Nc1c(-c2c(Cl)cc(F)cc2Cl)c(Cl)nc2ncnn12. The third-order valence-corrected chi connectivity index (χ3v) is 4.50. The van der Waals surface area contributed by atoms with Crippen molar-refractivity contribution in [1.82, 2.24) is 19.6 Å². The van der Waals surface area contributed by atoms with Crippen LogP contribution in [-0.4, -0.2) is 25.6 Å². The van der Waals surface area contributed by atoms with Crippen molar-refractivity contribution in [3.63, 3.8) is 0 Å². The van der Waals surface area contributed by atoms with Crippen molar-refractivity contribution in [3.05, 3.63) is 39.5 Å². The molecule has 0 bridgehead atoms. The Morgan fingerprint density at radius 1 is 1.21 bits per heavy atom. The summed E-state index contributed by atoms with van der Waals surface area (Å²) in [6.07, 6.45) is 2.23. The van der Waals surface area contributed by atoms with Crippen molar-refractivity contribution in [2.75, 3.05) is 5.32 Å². The minimum atomic E-state index is -0.531. The second kappa shape index (κ2) is 6.70. The monoisotopic (exact) mass is 387 g/mol. The second-order valence-corrected chi connectivity index (χ2v) is 6.47. The lowest BCUT2D eigenvalue weighted by Crippen LogP contribution is -2.18. The predicted molar refractivity (Wildman–Crippen MR) is 94.6 cm³/mol. The van der Waals surface area contributed by atoms with Crippen molar-refractivity contribution in [2.45, 2.75) is 26.3 Å². The van der Waals surface area contributed by atoms with Gasteiger partial charge >= 0.3 is 0 Å². The Morgan fingerprint density at radius 2 is 1.88 bits per heavy atom. The van der Waals surface area contributed by atoms with Gasteiger partial charge in [-0.2, -0.15) is 19.6 Å². The summed E-state index contributed by atoms with van der Waals surface area (Å²) in [5, 5.41) is 7.91. The highest BCUT2D eigenvalue weighted by Gasteiger charge is 2.23. The van der Waals surface area contributed by atoms with Crippen LogP contribution in [0.2, 0.25) is 15.2 Å². The molecule has 1 N–H and O–H groups in total. The summed E-state index contributed by atoms with van der Waals surface area (Å²) in [6.45, 7) is 4.05. The third-order valence-electron chi connectivity index (χ3n) is 3.64. The maximum absolute atomic E-state index is 13.5. The van der Waals surface area contributed by atoms with E-state index in [2.05, 4.69) is 20.4 Å². The van der Waals surface area contributed by atoms with E-state index >= 15 is 0 Å². The summed E-state index contributed by atoms with van der Waals surface area (Å²) in [5.74, 6) is 0.354. The first-order valence-electron chi connectivity index (χ1n) is 7.23. The first-order chi connectivity index (χ1) is 11.4. The van der Waals surface area contributed by atoms with Crippen LogP contribution in [0.5, 0.6) is 0 Å². The van der Waals surface area contributed by atoms with Crippen molar-refractivity contribution >= 4 is 46.4 Å². The van der Waals surface area contributed by atoms with E-state index in [0.29, 0.717) is 22.7 Å². The third kappa shape index (κ3) is 3.01. The van der Waals surface area contributed by atoms with Gasteiger partial charge in [-0.3, -0.25) is 0 Å². The minimum absolute atomic E-state index is 0.118. The lowest BCUT2D eigenvalue weighted by molar-refractivity contribution is 0.628. The van der Waals surface area contributed by atoms with Gasteiger partial charge in [-0.25, -0.2) is 4.39 Å². The van der Waals surface area contributed by atoms with Gasteiger partial charge in [-0.05, 0) is 25.5 Å². The molecule has 0 spiro atoms. The smallest absolute Gasteiger partial charge is 0.255 e. The summed E-state index contributed by atoms with van der Waals surface area (Å²) >= 11 is 18.8. The van der Waals surface area contributed by atoms with Gasteiger partial charge in [-0.1, -0.05) is 41.7 Å². The number of halogens is 4. The second-order valence-electron chi connectivity index (χ2n) is 5.30. The molecular formula is C15H13Cl3FN5. The van der Waals surface area contributed by atoms with E-state index in [9.17, 15) is 4.39 Å². The Labute approximate surface area is 152 Å². The maximum atomic E-state index is 13.5. The Morgan fingerprint density at radius 3 is 2.50 bits per heavy atom. The predicted octanol–water partition coefficient (Wildman–Crippen LogP) is 5.10. The van der Waals surface area contributed by atoms with Gasteiger partial charge in [0.25, 0.3) is 5.78 Å². The molecule has 0 fully saturated rings. The van der Waals surface area contributed by atoms with Crippen LogP contribution in [0.4, 0.5) is 10.2 Å². The van der Waals surface area contributed by atoms with Crippen LogP contribution in [0.15, 0.2) is 18.5 Å². The van der Waals surface area contributed by atoms with Gasteiger partial charge in [0.2, 0.25) is 0 Å². The van der Waals surface area contributed by atoms with E-state index < -0.39 is 5.82 Å². The fourth-order valence-electron chi connectivity index (χ4n) is 2.29. The lowest BCUT2D eigenvalue weighted by atomic mass is 10.1. The molecular weight excluding hydrogens is 376 g/mol. The Kier molecular flexibility index (Phi) is 4.80. The molecule has 2 heterocycles. The first-order valence-corrected chi connectivity index (χ1v) is 8.36. The number of anilines is 1. The molecule has 24 heavy (non-hydrogen) atoms. The van der Waals surface area contributed by atoms with E-state index in [4.69, 9.17) is 34.8 Å². The number of hydrogen-bond donors (Lipinski definition) is 1. The molecule has 0 saturated carbocycles. The average molecular weight is 389 g/mol. The molecule has 1 aromatic carbocycles. The fourth-order valence-corrected chi connectivity index (χ4v) is 3.20. The van der Waals surface area contributed by atoms with Crippen molar-refractivity contribution in [2.24, 2.45) is 0 Å². The van der Waals surface area contributed by atoms with E-state index in [-0.39, 0.29) is 21.2 Å². The summed E-state index contributed by atoms with van der Waals surface area (Å²) < 4.78 is 15.0. The van der Waals surface area contributed by atoms with Crippen LogP contribution < -0.4 is 5.32 Å². The summed E-state index contributed by atoms with van der Waals surface area (Å²) in [7, 11) is 0. The molecule has 126 valence electrons. The highest BCUT2D eigenvalue weighted by Crippen LogP contribution is 2.42. The van der Waals surface area contributed by atoms with Gasteiger partial charge in [0.1, 0.15) is 23.1 Å². The van der Waals surface area contributed by atoms with Gasteiger partial charge in [0.15, 0.2) is 0 Å².